The fourth-order valence-corrected chi connectivity index (χ4v) is 2.93. The Hall–Kier alpha value is -1.03. The van der Waals surface area contributed by atoms with Gasteiger partial charge in [-0.2, -0.15) is 0 Å². The van der Waals surface area contributed by atoms with E-state index in [2.05, 4.69) is 17.0 Å². The van der Waals surface area contributed by atoms with E-state index in [9.17, 15) is 8.42 Å². The lowest BCUT2D eigenvalue weighted by Crippen LogP contribution is -2.40. The highest BCUT2D eigenvalue weighted by atomic mass is 32.2. The molecule has 1 aliphatic heterocycles. The summed E-state index contributed by atoms with van der Waals surface area (Å²) in [6, 6.07) is 8.21. The van der Waals surface area contributed by atoms with Crippen molar-refractivity contribution < 1.29 is 8.42 Å². The van der Waals surface area contributed by atoms with Crippen LogP contribution in [0.1, 0.15) is 19.4 Å². The first-order valence-electron chi connectivity index (χ1n) is 6.09. The largest absolute Gasteiger partial charge is 0.369 e. The van der Waals surface area contributed by atoms with Crippen LogP contribution >= 0.6 is 0 Å². The van der Waals surface area contributed by atoms with Gasteiger partial charge in [-0.25, -0.2) is 8.42 Å². The Morgan fingerprint density at radius 3 is 1.94 bits per heavy atom. The molecule has 4 heteroatoms. The molecule has 1 heterocycles. The van der Waals surface area contributed by atoms with Crippen molar-refractivity contribution in [2.24, 2.45) is 0 Å². The van der Waals surface area contributed by atoms with Crippen molar-refractivity contribution in [2.75, 3.05) is 29.5 Å². The summed E-state index contributed by atoms with van der Waals surface area (Å²) in [5.74, 6) is 0.557. The minimum Gasteiger partial charge on any atom is -0.369 e. The third-order valence-corrected chi connectivity index (χ3v) is 4.35. The van der Waals surface area contributed by atoms with E-state index in [4.69, 9.17) is 0 Å². The normalized spacial score (nSPS) is 18.2. The molecule has 17 heavy (non-hydrogen) atoms. The van der Waals surface area contributed by atoms with Crippen LogP contribution in [0.3, 0.4) is 0 Å². The highest BCUT2D eigenvalue weighted by Gasteiger charge is 2.21. The number of rotatable bonds is 1. The zero-order chi connectivity index (χ0) is 12.9. The van der Waals surface area contributed by atoms with Crippen LogP contribution in [0.2, 0.25) is 0 Å². The van der Waals surface area contributed by atoms with Gasteiger partial charge in [0.25, 0.3) is 0 Å². The zero-order valence-electron chi connectivity index (χ0n) is 10.8. The summed E-state index contributed by atoms with van der Waals surface area (Å²) < 4.78 is 22.5. The van der Waals surface area contributed by atoms with Crippen LogP contribution in [0.25, 0.3) is 0 Å². The van der Waals surface area contributed by atoms with E-state index in [0.29, 0.717) is 13.1 Å². The first kappa shape index (κ1) is 14.0. The van der Waals surface area contributed by atoms with E-state index in [0.717, 1.165) is 5.69 Å². The second kappa shape index (κ2) is 6.05. The Labute approximate surface area is 104 Å². The molecule has 0 radical (unpaired) electrons. The third-order valence-electron chi connectivity index (χ3n) is 2.74. The smallest absolute Gasteiger partial charge is 0.153 e. The second-order valence-electron chi connectivity index (χ2n) is 3.97. The average Bonchev–Trinajstić information content (AvgIpc) is 2.33. The molecule has 0 aliphatic carbocycles. The first-order chi connectivity index (χ1) is 8.07. The lowest BCUT2D eigenvalue weighted by Gasteiger charge is -2.28. The Balaban J connectivity index is 0.000000686. The fourth-order valence-electron chi connectivity index (χ4n) is 1.73. The number of benzene rings is 1. The average molecular weight is 255 g/mol. The maximum atomic E-state index is 11.3. The molecule has 0 spiro atoms. The lowest BCUT2D eigenvalue weighted by atomic mass is 10.2. The number of hydrogen-bond donors (Lipinski definition) is 0. The molecule has 0 unspecified atom stereocenters. The van der Waals surface area contributed by atoms with Crippen molar-refractivity contribution in [3.63, 3.8) is 0 Å². The van der Waals surface area contributed by atoms with Gasteiger partial charge in [-0.1, -0.05) is 31.5 Å². The van der Waals surface area contributed by atoms with Gasteiger partial charge in [0, 0.05) is 18.8 Å². The highest BCUT2D eigenvalue weighted by Crippen LogP contribution is 2.17. The van der Waals surface area contributed by atoms with Crippen molar-refractivity contribution >= 4 is 15.5 Å². The molecule has 1 aromatic carbocycles. The quantitative estimate of drug-likeness (QED) is 0.772. The Morgan fingerprint density at radius 1 is 1.00 bits per heavy atom. The van der Waals surface area contributed by atoms with E-state index < -0.39 is 9.84 Å². The number of sulfone groups is 1. The van der Waals surface area contributed by atoms with Gasteiger partial charge in [0.1, 0.15) is 0 Å². The molecule has 0 atom stereocenters. The molecule has 0 amide bonds. The minimum absolute atomic E-state index is 0.279. The van der Waals surface area contributed by atoms with Gasteiger partial charge >= 0.3 is 0 Å². The first-order valence-corrected chi connectivity index (χ1v) is 7.91. The molecule has 0 aromatic heterocycles. The molecular weight excluding hydrogens is 234 g/mol. The summed E-state index contributed by atoms with van der Waals surface area (Å²) in [6.45, 7) is 7.28. The maximum Gasteiger partial charge on any atom is 0.153 e. The van der Waals surface area contributed by atoms with Gasteiger partial charge < -0.3 is 4.90 Å². The second-order valence-corrected chi connectivity index (χ2v) is 6.28. The van der Waals surface area contributed by atoms with E-state index in [-0.39, 0.29) is 11.5 Å². The summed E-state index contributed by atoms with van der Waals surface area (Å²) in [7, 11) is -2.77. The highest BCUT2D eigenvalue weighted by molar-refractivity contribution is 7.91. The summed E-state index contributed by atoms with van der Waals surface area (Å²) in [6.07, 6.45) is 0. The predicted octanol–water partition coefficient (Wildman–Crippen LogP) is 2.26. The molecule has 1 aromatic rings. The standard InChI is InChI=1S/C11H15NO2S.C2H6/c1-10-2-4-11(5-3-10)12-6-8-15(13,14)9-7-12;1-2/h2-5H,6-9H2,1H3;1-2H3. The van der Waals surface area contributed by atoms with Crippen LogP contribution in [0.4, 0.5) is 5.69 Å². The molecule has 1 saturated heterocycles. The number of hydrogen-bond acceptors (Lipinski definition) is 3. The van der Waals surface area contributed by atoms with Gasteiger partial charge in [0.15, 0.2) is 9.84 Å². The van der Waals surface area contributed by atoms with Crippen molar-refractivity contribution in [3.05, 3.63) is 29.8 Å². The van der Waals surface area contributed by atoms with Crippen LogP contribution in [-0.2, 0) is 9.84 Å². The Kier molecular flexibility index (Phi) is 5.00. The van der Waals surface area contributed by atoms with Crippen LogP contribution < -0.4 is 4.90 Å². The molecule has 3 nitrogen and oxygen atoms in total. The molecule has 2 rings (SSSR count). The van der Waals surface area contributed by atoms with Crippen molar-refractivity contribution in [3.8, 4) is 0 Å². The van der Waals surface area contributed by atoms with Gasteiger partial charge in [-0.3, -0.25) is 0 Å². The molecule has 0 bridgehead atoms. The van der Waals surface area contributed by atoms with E-state index in [1.807, 2.05) is 32.9 Å². The number of nitrogens with zero attached hydrogens (tertiary/aromatic N) is 1. The number of anilines is 1. The molecular formula is C13H21NO2S. The molecule has 1 aliphatic rings. The zero-order valence-corrected chi connectivity index (χ0v) is 11.6. The Bertz CT molecular complexity index is 423. The van der Waals surface area contributed by atoms with Crippen LogP contribution in [0, 0.1) is 6.92 Å². The van der Waals surface area contributed by atoms with Crippen molar-refractivity contribution in [1.82, 2.24) is 0 Å². The summed E-state index contributed by atoms with van der Waals surface area (Å²) in [5, 5.41) is 0. The molecule has 1 fully saturated rings. The maximum absolute atomic E-state index is 11.3. The SMILES string of the molecule is CC.Cc1ccc(N2CCS(=O)(=O)CC2)cc1. The molecule has 0 N–H and O–H groups in total. The van der Waals surface area contributed by atoms with Gasteiger partial charge in [0.2, 0.25) is 0 Å². The molecule has 0 saturated carbocycles. The van der Waals surface area contributed by atoms with E-state index in [1.165, 1.54) is 5.56 Å². The van der Waals surface area contributed by atoms with Gasteiger partial charge in [-0.05, 0) is 19.1 Å². The van der Waals surface area contributed by atoms with Crippen LogP contribution in [0.15, 0.2) is 24.3 Å². The molecule has 96 valence electrons. The van der Waals surface area contributed by atoms with E-state index >= 15 is 0 Å². The monoisotopic (exact) mass is 255 g/mol. The van der Waals surface area contributed by atoms with Crippen molar-refractivity contribution in [2.45, 2.75) is 20.8 Å². The van der Waals surface area contributed by atoms with Crippen LogP contribution in [0.5, 0.6) is 0 Å². The van der Waals surface area contributed by atoms with E-state index in [1.54, 1.807) is 0 Å². The Morgan fingerprint density at radius 2 is 1.47 bits per heavy atom. The topological polar surface area (TPSA) is 37.4 Å². The third kappa shape index (κ3) is 4.04. The fraction of sp³-hybridized carbons (Fsp3) is 0.538. The number of aryl methyl sites for hydroxylation is 1. The van der Waals surface area contributed by atoms with Crippen molar-refractivity contribution in [1.29, 1.82) is 0 Å². The summed E-state index contributed by atoms with van der Waals surface area (Å²) >= 11 is 0. The lowest BCUT2D eigenvalue weighted by molar-refractivity contribution is 0.587. The summed E-state index contributed by atoms with van der Waals surface area (Å²) in [5.41, 5.74) is 2.35. The van der Waals surface area contributed by atoms with Crippen LogP contribution in [-0.4, -0.2) is 33.0 Å². The van der Waals surface area contributed by atoms with Gasteiger partial charge in [0.05, 0.1) is 11.5 Å². The summed E-state index contributed by atoms with van der Waals surface area (Å²) in [4.78, 5) is 2.13. The predicted molar refractivity (Wildman–Crippen MR) is 73.4 cm³/mol. The minimum atomic E-state index is -2.77. The van der Waals surface area contributed by atoms with Gasteiger partial charge in [-0.15, -0.1) is 0 Å².